The predicted molar refractivity (Wildman–Crippen MR) is 84.5 cm³/mol. The van der Waals surface area contributed by atoms with Crippen molar-refractivity contribution in [2.24, 2.45) is 0 Å². The van der Waals surface area contributed by atoms with Crippen LogP contribution in [0.4, 0.5) is 0 Å². The van der Waals surface area contributed by atoms with E-state index in [0.29, 0.717) is 12.0 Å². The minimum Gasteiger partial charge on any atom is -0.347 e. The first-order valence-electron chi connectivity index (χ1n) is 6.83. The molecule has 104 valence electrons. The van der Waals surface area contributed by atoms with Crippen molar-refractivity contribution in [2.45, 2.75) is 19.4 Å². The average molecular weight is 294 g/mol. The first kappa shape index (κ1) is 13.6. The zero-order valence-corrected chi connectivity index (χ0v) is 12.3. The van der Waals surface area contributed by atoms with E-state index in [-0.39, 0.29) is 5.78 Å². The molecule has 3 nitrogen and oxygen atoms in total. The van der Waals surface area contributed by atoms with E-state index >= 15 is 0 Å². The molecule has 1 aromatic carbocycles. The third kappa shape index (κ3) is 2.88. The van der Waals surface area contributed by atoms with Gasteiger partial charge >= 0.3 is 0 Å². The largest absolute Gasteiger partial charge is 0.347 e. The third-order valence-electron chi connectivity index (χ3n) is 3.50. The Hall–Kier alpha value is -2.38. The Labute approximate surface area is 127 Å². The Morgan fingerprint density at radius 3 is 2.95 bits per heavy atom. The number of ketones is 1. The topological polar surface area (TPSA) is 45.8 Å². The fourth-order valence-corrected chi connectivity index (χ4v) is 3.13. The lowest BCUT2D eigenvalue weighted by Crippen LogP contribution is -2.01. The van der Waals surface area contributed by atoms with Crippen LogP contribution in [0.15, 0.2) is 48.0 Å². The van der Waals surface area contributed by atoms with Crippen molar-refractivity contribution in [3.05, 3.63) is 58.4 Å². The highest BCUT2D eigenvalue weighted by Gasteiger charge is 2.07. The fraction of sp³-hybridized carbons (Fsp3) is 0.176. The first-order chi connectivity index (χ1) is 10.3. The lowest BCUT2D eigenvalue weighted by atomic mass is 10.1. The molecule has 0 radical (unpaired) electrons. The van der Waals surface area contributed by atoms with E-state index in [9.17, 15) is 4.79 Å². The average Bonchev–Trinajstić information content (AvgIpc) is 3.16. The molecule has 0 N–H and O–H groups in total. The molecule has 3 aromatic rings. The number of Topliss-reactive ketones (excluding diaryl/α,β-unsaturated/α-hetero) is 1. The zero-order valence-electron chi connectivity index (χ0n) is 11.5. The molecule has 21 heavy (non-hydrogen) atoms. The van der Waals surface area contributed by atoms with Crippen LogP contribution in [-0.4, -0.2) is 10.4 Å². The Morgan fingerprint density at radius 2 is 2.19 bits per heavy atom. The minimum atomic E-state index is 0.216. The normalized spacial score (nSPS) is 10.6. The zero-order chi connectivity index (χ0) is 14.7. The summed E-state index contributed by atoms with van der Waals surface area (Å²) >= 11 is 1.50. The minimum absolute atomic E-state index is 0.216. The van der Waals surface area contributed by atoms with E-state index in [2.05, 4.69) is 10.6 Å². The van der Waals surface area contributed by atoms with Crippen LogP contribution in [0.2, 0.25) is 0 Å². The Morgan fingerprint density at radius 1 is 1.29 bits per heavy atom. The maximum atomic E-state index is 11.9. The van der Waals surface area contributed by atoms with E-state index < -0.39 is 0 Å². The van der Waals surface area contributed by atoms with E-state index in [4.69, 9.17) is 5.26 Å². The fourth-order valence-electron chi connectivity index (χ4n) is 2.44. The van der Waals surface area contributed by atoms with Crippen molar-refractivity contribution in [3.63, 3.8) is 0 Å². The van der Waals surface area contributed by atoms with Gasteiger partial charge < -0.3 is 4.57 Å². The van der Waals surface area contributed by atoms with E-state index in [0.717, 1.165) is 28.7 Å². The van der Waals surface area contributed by atoms with Gasteiger partial charge in [-0.2, -0.15) is 5.26 Å². The van der Waals surface area contributed by atoms with Crippen molar-refractivity contribution < 1.29 is 4.79 Å². The van der Waals surface area contributed by atoms with E-state index in [1.54, 1.807) is 0 Å². The van der Waals surface area contributed by atoms with Gasteiger partial charge in [-0.1, -0.05) is 6.07 Å². The van der Waals surface area contributed by atoms with Gasteiger partial charge in [-0.05, 0) is 42.1 Å². The number of aromatic nitrogens is 1. The van der Waals surface area contributed by atoms with Crippen LogP contribution in [0, 0.1) is 11.3 Å². The molecule has 0 bridgehead atoms. The van der Waals surface area contributed by atoms with Gasteiger partial charge in [0.1, 0.15) is 0 Å². The number of fused-ring (bicyclic) bond motifs is 1. The van der Waals surface area contributed by atoms with Crippen LogP contribution in [0.3, 0.4) is 0 Å². The molecule has 3 rings (SSSR count). The number of thiophene rings is 1. The summed E-state index contributed by atoms with van der Waals surface area (Å²) in [6, 6.07) is 13.6. The maximum absolute atomic E-state index is 11.9. The monoisotopic (exact) mass is 294 g/mol. The number of carbonyl (C=O) groups is 1. The van der Waals surface area contributed by atoms with Crippen molar-refractivity contribution in [2.75, 3.05) is 0 Å². The molecule has 0 aliphatic carbocycles. The second-order valence-electron chi connectivity index (χ2n) is 4.90. The van der Waals surface area contributed by atoms with Crippen LogP contribution in [-0.2, 0) is 6.54 Å². The van der Waals surface area contributed by atoms with Gasteiger partial charge in [0, 0.05) is 30.1 Å². The summed E-state index contributed by atoms with van der Waals surface area (Å²) in [5, 5.41) is 11.9. The summed E-state index contributed by atoms with van der Waals surface area (Å²) in [4.78, 5) is 12.8. The molecule has 0 aliphatic heterocycles. The Balaban J connectivity index is 1.66. The molecule has 4 heteroatoms. The summed E-state index contributed by atoms with van der Waals surface area (Å²) in [6.07, 6.45) is 3.40. The number of aryl methyl sites for hydroxylation is 1. The number of nitrogens with zero attached hydrogens (tertiary/aromatic N) is 2. The molecule has 2 heterocycles. The van der Waals surface area contributed by atoms with Gasteiger partial charge in [0.05, 0.1) is 16.5 Å². The van der Waals surface area contributed by atoms with Gasteiger partial charge in [0.25, 0.3) is 0 Å². The van der Waals surface area contributed by atoms with Crippen molar-refractivity contribution in [1.82, 2.24) is 4.57 Å². The van der Waals surface area contributed by atoms with E-state index in [1.165, 1.54) is 11.3 Å². The number of benzene rings is 1. The van der Waals surface area contributed by atoms with Gasteiger partial charge in [-0.15, -0.1) is 11.3 Å². The van der Waals surface area contributed by atoms with Crippen LogP contribution in [0.5, 0.6) is 0 Å². The molecule has 2 aromatic heterocycles. The second kappa shape index (κ2) is 5.94. The third-order valence-corrected chi connectivity index (χ3v) is 4.41. The van der Waals surface area contributed by atoms with Crippen molar-refractivity contribution in [3.8, 4) is 6.07 Å². The molecule has 0 fully saturated rings. The van der Waals surface area contributed by atoms with Crippen LogP contribution >= 0.6 is 11.3 Å². The smallest absolute Gasteiger partial charge is 0.172 e. The molecule has 0 unspecified atom stereocenters. The summed E-state index contributed by atoms with van der Waals surface area (Å²) in [5.41, 5.74) is 1.78. The number of hydrogen-bond acceptors (Lipinski definition) is 3. The molecule has 0 saturated heterocycles. The van der Waals surface area contributed by atoms with Crippen LogP contribution in [0.25, 0.3) is 10.9 Å². The Kier molecular flexibility index (Phi) is 3.85. The van der Waals surface area contributed by atoms with Gasteiger partial charge in [-0.25, -0.2) is 0 Å². The predicted octanol–water partition coefficient (Wildman–Crippen LogP) is 4.24. The molecular weight excluding hydrogens is 280 g/mol. The van der Waals surface area contributed by atoms with Crippen molar-refractivity contribution in [1.29, 1.82) is 5.26 Å². The van der Waals surface area contributed by atoms with Crippen LogP contribution in [0.1, 0.15) is 28.1 Å². The number of rotatable bonds is 5. The molecule has 0 amide bonds. The quantitative estimate of drug-likeness (QED) is 0.661. The van der Waals surface area contributed by atoms with Gasteiger partial charge in [0.2, 0.25) is 0 Å². The van der Waals surface area contributed by atoms with Crippen molar-refractivity contribution >= 4 is 28.0 Å². The number of hydrogen-bond donors (Lipinski definition) is 0. The second-order valence-corrected chi connectivity index (χ2v) is 5.85. The standard InChI is InChI=1S/C17H14N2OS/c18-12-13-5-6-15-14(11-13)7-9-19(15)8-1-3-16(20)17-4-2-10-21-17/h2,4-7,9-11H,1,3,8H2. The SMILES string of the molecule is N#Cc1ccc2c(ccn2CCCC(=O)c2cccs2)c1. The molecule has 0 spiro atoms. The highest BCUT2D eigenvalue weighted by atomic mass is 32.1. The van der Waals surface area contributed by atoms with Gasteiger partial charge in [-0.3, -0.25) is 4.79 Å². The molecular formula is C17H14N2OS. The Bertz CT molecular complexity index is 809. The molecule has 0 aliphatic rings. The number of nitriles is 1. The number of carbonyl (C=O) groups excluding carboxylic acids is 1. The summed E-state index contributed by atoms with van der Waals surface area (Å²) in [6.45, 7) is 0.812. The van der Waals surface area contributed by atoms with Gasteiger partial charge in [0.15, 0.2) is 5.78 Å². The highest BCUT2D eigenvalue weighted by Crippen LogP contribution is 2.19. The lowest BCUT2D eigenvalue weighted by molar-refractivity contribution is 0.0982. The van der Waals surface area contributed by atoms with E-state index in [1.807, 2.05) is 48.0 Å². The highest BCUT2D eigenvalue weighted by molar-refractivity contribution is 7.12. The summed E-state index contributed by atoms with van der Waals surface area (Å²) in [5.74, 6) is 0.216. The summed E-state index contributed by atoms with van der Waals surface area (Å²) < 4.78 is 2.14. The first-order valence-corrected chi connectivity index (χ1v) is 7.71. The molecule has 0 saturated carbocycles. The molecule has 0 atom stereocenters. The maximum Gasteiger partial charge on any atom is 0.172 e. The lowest BCUT2D eigenvalue weighted by Gasteiger charge is -2.05. The van der Waals surface area contributed by atoms with Crippen LogP contribution < -0.4 is 0 Å². The summed E-state index contributed by atoms with van der Waals surface area (Å²) in [7, 11) is 0.